The van der Waals surface area contributed by atoms with E-state index in [-0.39, 0.29) is 18.1 Å². The van der Waals surface area contributed by atoms with Crippen molar-refractivity contribution in [3.63, 3.8) is 0 Å². The number of amides is 1. The van der Waals surface area contributed by atoms with Crippen LogP contribution in [0.3, 0.4) is 0 Å². The Hall–Kier alpha value is -2.61. The molecule has 0 bridgehead atoms. The largest absolute Gasteiger partial charge is 0.493 e. The summed E-state index contributed by atoms with van der Waals surface area (Å²) in [4.78, 5) is 23.0. The fourth-order valence-electron chi connectivity index (χ4n) is 2.31. The van der Waals surface area contributed by atoms with Crippen molar-refractivity contribution in [3.8, 4) is 11.5 Å². The molecule has 1 amide bonds. The van der Waals surface area contributed by atoms with E-state index in [0.29, 0.717) is 33.7 Å². The van der Waals surface area contributed by atoms with Crippen molar-refractivity contribution in [2.75, 3.05) is 13.7 Å². The van der Waals surface area contributed by atoms with Crippen molar-refractivity contribution in [1.29, 1.82) is 0 Å². The van der Waals surface area contributed by atoms with Crippen LogP contribution in [0.2, 0.25) is 0 Å². The van der Waals surface area contributed by atoms with Crippen molar-refractivity contribution in [1.82, 2.24) is 5.32 Å². The minimum absolute atomic E-state index is 0.0325. The van der Waals surface area contributed by atoms with E-state index in [1.54, 1.807) is 30.3 Å². The van der Waals surface area contributed by atoms with Crippen LogP contribution in [-0.4, -0.2) is 24.5 Å². The fourth-order valence-corrected chi connectivity index (χ4v) is 2.87. The second-order valence-corrected chi connectivity index (χ2v) is 6.26. The maximum absolute atomic E-state index is 12.4. The van der Waals surface area contributed by atoms with E-state index in [4.69, 9.17) is 9.47 Å². The van der Waals surface area contributed by atoms with E-state index in [1.165, 1.54) is 13.2 Å². The molecule has 0 heterocycles. The van der Waals surface area contributed by atoms with E-state index in [2.05, 4.69) is 21.2 Å². The molecule has 8 heteroatoms. The molecule has 0 atom stereocenters. The molecule has 0 unspecified atom stereocenters. The maximum Gasteiger partial charge on any atom is 0.274 e. The lowest BCUT2D eigenvalue weighted by Gasteiger charge is -2.14. The molecule has 0 aromatic heterocycles. The third-order valence-electron chi connectivity index (χ3n) is 3.57. The molecular formula is C18H19BrN2O5. The zero-order chi connectivity index (χ0) is 19.1. The summed E-state index contributed by atoms with van der Waals surface area (Å²) >= 11 is 3.39. The molecule has 138 valence electrons. The SMILES string of the molecule is CCCOc1c(Br)cc(C(=O)NCc2ccccc2[N+](=O)[O-])cc1OC. The predicted octanol–water partition coefficient (Wildman–Crippen LogP) is 4.08. The summed E-state index contributed by atoms with van der Waals surface area (Å²) in [6.45, 7) is 2.56. The number of carbonyl (C=O) groups excluding carboxylic acids is 1. The van der Waals surface area contributed by atoms with Crippen LogP contribution in [0.1, 0.15) is 29.3 Å². The molecule has 0 aliphatic rings. The van der Waals surface area contributed by atoms with Gasteiger partial charge < -0.3 is 14.8 Å². The van der Waals surface area contributed by atoms with Gasteiger partial charge in [-0.2, -0.15) is 0 Å². The Morgan fingerprint density at radius 3 is 2.69 bits per heavy atom. The van der Waals surface area contributed by atoms with E-state index in [0.717, 1.165) is 6.42 Å². The van der Waals surface area contributed by atoms with Crippen LogP contribution in [0.5, 0.6) is 11.5 Å². The first-order valence-corrected chi connectivity index (χ1v) is 8.78. The second-order valence-electron chi connectivity index (χ2n) is 5.41. The Balaban J connectivity index is 2.17. The minimum atomic E-state index is -0.471. The number of halogens is 1. The first-order chi connectivity index (χ1) is 12.5. The summed E-state index contributed by atoms with van der Waals surface area (Å²) in [7, 11) is 1.50. The van der Waals surface area contributed by atoms with Gasteiger partial charge in [0.05, 0.1) is 23.1 Å². The van der Waals surface area contributed by atoms with Crippen molar-refractivity contribution in [2.45, 2.75) is 19.9 Å². The van der Waals surface area contributed by atoms with E-state index in [9.17, 15) is 14.9 Å². The van der Waals surface area contributed by atoms with Gasteiger partial charge in [-0.15, -0.1) is 0 Å². The van der Waals surface area contributed by atoms with Gasteiger partial charge in [0.15, 0.2) is 11.5 Å². The molecule has 0 spiro atoms. The average molecular weight is 423 g/mol. The Morgan fingerprint density at radius 1 is 1.31 bits per heavy atom. The monoisotopic (exact) mass is 422 g/mol. The van der Waals surface area contributed by atoms with Gasteiger partial charge in [-0.25, -0.2) is 0 Å². The normalized spacial score (nSPS) is 10.3. The van der Waals surface area contributed by atoms with Gasteiger partial charge in [0, 0.05) is 23.7 Å². The number of para-hydroxylation sites is 1. The van der Waals surface area contributed by atoms with E-state index < -0.39 is 4.92 Å². The molecule has 2 aromatic carbocycles. The van der Waals surface area contributed by atoms with Crippen LogP contribution in [0.4, 0.5) is 5.69 Å². The number of nitro groups is 1. The predicted molar refractivity (Wildman–Crippen MR) is 101 cm³/mol. The lowest BCUT2D eigenvalue weighted by atomic mass is 10.1. The molecule has 2 aromatic rings. The highest BCUT2D eigenvalue weighted by Crippen LogP contribution is 2.36. The molecule has 2 rings (SSSR count). The zero-order valence-electron chi connectivity index (χ0n) is 14.5. The van der Waals surface area contributed by atoms with Crippen LogP contribution in [0.25, 0.3) is 0 Å². The molecule has 7 nitrogen and oxygen atoms in total. The van der Waals surface area contributed by atoms with Gasteiger partial charge in [-0.05, 0) is 34.5 Å². The fraction of sp³-hybridized carbons (Fsp3) is 0.278. The highest BCUT2D eigenvalue weighted by atomic mass is 79.9. The van der Waals surface area contributed by atoms with E-state index in [1.807, 2.05) is 6.92 Å². The molecule has 0 aliphatic carbocycles. The summed E-state index contributed by atoms with van der Waals surface area (Å²) in [6.07, 6.45) is 0.841. The van der Waals surface area contributed by atoms with Gasteiger partial charge in [0.1, 0.15) is 0 Å². The van der Waals surface area contributed by atoms with Gasteiger partial charge in [-0.3, -0.25) is 14.9 Å². The smallest absolute Gasteiger partial charge is 0.274 e. The number of hydrogen-bond acceptors (Lipinski definition) is 5. The van der Waals surface area contributed by atoms with Crippen molar-refractivity contribution >= 4 is 27.5 Å². The Labute approximate surface area is 159 Å². The Morgan fingerprint density at radius 2 is 2.04 bits per heavy atom. The molecule has 0 aliphatic heterocycles. The molecule has 0 saturated carbocycles. The van der Waals surface area contributed by atoms with Crippen LogP contribution in [0, 0.1) is 10.1 Å². The molecule has 0 saturated heterocycles. The standard InChI is InChI=1S/C18H19BrN2O5/c1-3-8-26-17-14(19)9-13(10-16(17)25-2)18(22)20-11-12-6-4-5-7-15(12)21(23)24/h4-7,9-10H,3,8,11H2,1-2H3,(H,20,22). The summed E-state index contributed by atoms with van der Waals surface area (Å²) in [5.41, 5.74) is 0.755. The lowest BCUT2D eigenvalue weighted by molar-refractivity contribution is -0.385. The Bertz CT molecular complexity index is 810. The summed E-state index contributed by atoms with van der Waals surface area (Å²) in [6, 6.07) is 9.48. The first kappa shape index (κ1) is 19.7. The quantitative estimate of drug-likeness (QED) is 0.510. The zero-order valence-corrected chi connectivity index (χ0v) is 16.0. The highest BCUT2D eigenvalue weighted by Gasteiger charge is 2.17. The number of hydrogen-bond donors (Lipinski definition) is 1. The number of nitro benzene ring substituents is 1. The second kappa shape index (κ2) is 9.19. The molecular weight excluding hydrogens is 404 g/mol. The molecule has 26 heavy (non-hydrogen) atoms. The number of methoxy groups -OCH3 is 1. The number of nitrogens with one attached hydrogen (secondary N) is 1. The van der Waals surface area contributed by atoms with E-state index >= 15 is 0 Å². The molecule has 0 radical (unpaired) electrons. The lowest BCUT2D eigenvalue weighted by Crippen LogP contribution is -2.23. The van der Waals surface area contributed by atoms with Gasteiger partial charge in [-0.1, -0.05) is 25.1 Å². The third-order valence-corrected chi connectivity index (χ3v) is 4.16. The molecule has 0 fully saturated rings. The maximum atomic E-state index is 12.4. The topological polar surface area (TPSA) is 90.7 Å². The third kappa shape index (κ3) is 4.72. The van der Waals surface area contributed by atoms with Crippen LogP contribution < -0.4 is 14.8 Å². The van der Waals surface area contributed by atoms with Crippen LogP contribution in [0.15, 0.2) is 40.9 Å². The van der Waals surface area contributed by atoms with Crippen molar-refractivity contribution in [3.05, 3.63) is 62.1 Å². The average Bonchev–Trinajstić information content (AvgIpc) is 2.64. The summed E-state index contributed by atoms with van der Waals surface area (Å²) in [5.74, 6) is 0.595. The van der Waals surface area contributed by atoms with Gasteiger partial charge in [0.2, 0.25) is 0 Å². The van der Waals surface area contributed by atoms with Crippen LogP contribution >= 0.6 is 15.9 Å². The number of carbonyl (C=O) groups is 1. The number of ether oxygens (including phenoxy) is 2. The first-order valence-electron chi connectivity index (χ1n) is 7.98. The number of benzene rings is 2. The minimum Gasteiger partial charge on any atom is -0.493 e. The van der Waals surface area contributed by atoms with Crippen molar-refractivity contribution < 1.29 is 19.2 Å². The highest BCUT2D eigenvalue weighted by molar-refractivity contribution is 9.10. The summed E-state index contributed by atoms with van der Waals surface area (Å²) < 4.78 is 11.5. The Kier molecular flexibility index (Phi) is 6.97. The molecule has 1 N–H and O–H groups in total. The van der Waals surface area contributed by atoms with Crippen LogP contribution in [-0.2, 0) is 6.54 Å². The summed E-state index contributed by atoms with van der Waals surface area (Å²) in [5, 5.41) is 13.7. The number of rotatable bonds is 8. The van der Waals surface area contributed by atoms with Gasteiger partial charge >= 0.3 is 0 Å². The number of nitrogens with zero attached hydrogens (tertiary/aromatic N) is 1. The van der Waals surface area contributed by atoms with Gasteiger partial charge in [0.25, 0.3) is 11.6 Å². The van der Waals surface area contributed by atoms with Crippen molar-refractivity contribution in [2.24, 2.45) is 0 Å².